The molecule has 3 nitrogen and oxygen atoms in total. The largest absolute Gasteiger partial charge is 0.383 e. The van der Waals surface area contributed by atoms with Gasteiger partial charge in [-0.05, 0) is 26.0 Å². The molecule has 102 valence electrons. The normalized spacial score (nSPS) is 11.5. The van der Waals surface area contributed by atoms with Gasteiger partial charge in [0.25, 0.3) is 0 Å². The molecule has 0 bridgehead atoms. The van der Waals surface area contributed by atoms with Gasteiger partial charge in [0.2, 0.25) is 0 Å². The van der Waals surface area contributed by atoms with Gasteiger partial charge in [0.1, 0.15) is 17.3 Å². The topological polar surface area (TPSA) is 43.8 Å². The first kappa shape index (κ1) is 13.9. The average Bonchev–Trinajstić information content (AvgIpc) is 2.67. The summed E-state index contributed by atoms with van der Waals surface area (Å²) in [5.41, 5.74) is 8.07. The predicted octanol–water partition coefficient (Wildman–Crippen LogP) is 4.49. The number of anilines is 1. The van der Waals surface area contributed by atoms with Crippen LogP contribution in [0.4, 0.5) is 5.82 Å². The molecule has 4 heteroatoms. The molecule has 0 radical (unpaired) electrons. The molecule has 0 aliphatic heterocycles. The van der Waals surface area contributed by atoms with Crippen molar-refractivity contribution in [2.75, 3.05) is 5.73 Å². The number of benzene rings is 1. The lowest BCUT2D eigenvalue weighted by Crippen LogP contribution is -2.10. The molecule has 0 aliphatic carbocycles. The summed E-state index contributed by atoms with van der Waals surface area (Å²) < 4.78 is 2.10. The third-order valence-electron chi connectivity index (χ3n) is 3.11. The van der Waals surface area contributed by atoms with Crippen LogP contribution in [0.5, 0.6) is 0 Å². The highest BCUT2D eigenvalue weighted by molar-refractivity contribution is 6.30. The van der Waals surface area contributed by atoms with Crippen LogP contribution < -0.4 is 5.73 Å². The molecule has 2 aromatic rings. The molecule has 0 spiro atoms. The Labute approximate surface area is 119 Å². The number of aromatic nitrogens is 2. The van der Waals surface area contributed by atoms with Gasteiger partial charge in [-0.15, -0.1) is 0 Å². The van der Waals surface area contributed by atoms with Crippen molar-refractivity contribution < 1.29 is 0 Å². The molecule has 0 unspecified atom stereocenters. The fourth-order valence-corrected chi connectivity index (χ4v) is 2.45. The molecule has 0 amide bonds. The van der Waals surface area contributed by atoms with E-state index in [1.165, 1.54) is 0 Å². The van der Waals surface area contributed by atoms with Crippen molar-refractivity contribution >= 4 is 17.4 Å². The van der Waals surface area contributed by atoms with Gasteiger partial charge in [-0.2, -0.15) is 0 Å². The number of halogens is 1. The van der Waals surface area contributed by atoms with Crippen LogP contribution in [0.25, 0.3) is 11.3 Å². The molecule has 0 fully saturated rings. The average molecular weight is 278 g/mol. The third kappa shape index (κ3) is 2.61. The van der Waals surface area contributed by atoms with E-state index < -0.39 is 0 Å². The first-order valence-electron chi connectivity index (χ1n) is 6.55. The van der Waals surface area contributed by atoms with Crippen molar-refractivity contribution in [2.45, 2.75) is 39.7 Å². The smallest absolute Gasteiger partial charge is 0.131 e. The molecular weight excluding hydrogens is 258 g/mol. The van der Waals surface area contributed by atoms with Crippen molar-refractivity contribution in [2.24, 2.45) is 0 Å². The SMILES string of the molecule is CC(C)c1nc(-c2cccc(Cl)c2)c(N)n1C(C)C. The third-order valence-corrected chi connectivity index (χ3v) is 3.34. The number of imidazole rings is 1. The molecule has 0 aliphatic rings. The van der Waals surface area contributed by atoms with Crippen molar-refractivity contribution in [1.82, 2.24) is 9.55 Å². The first-order chi connectivity index (χ1) is 8.91. The Morgan fingerprint density at radius 3 is 2.37 bits per heavy atom. The van der Waals surface area contributed by atoms with Crippen LogP contribution in [-0.4, -0.2) is 9.55 Å². The lowest BCUT2D eigenvalue weighted by atomic mass is 10.1. The van der Waals surface area contributed by atoms with Gasteiger partial charge in [-0.3, -0.25) is 0 Å². The summed E-state index contributed by atoms with van der Waals surface area (Å²) in [6.07, 6.45) is 0. The monoisotopic (exact) mass is 277 g/mol. The lowest BCUT2D eigenvalue weighted by molar-refractivity contribution is 0.556. The Morgan fingerprint density at radius 2 is 1.89 bits per heavy atom. The van der Waals surface area contributed by atoms with Crippen LogP contribution in [0.3, 0.4) is 0 Å². The quantitative estimate of drug-likeness (QED) is 0.898. The van der Waals surface area contributed by atoms with E-state index >= 15 is 0 Å². The van der Waals surface area contributed by atoms with E-state index in [1.807, 2.05) is 24.3 Å². The summed E-state index contributed by atoms with van der Waals surface area (Å²) in [6, 6.07) is 7.94. The first-order valence-corrected chi connectivity index (χ1v) is 6.93. The van der Waals surface area contributed by atoms with Gasteiger partial charge in [-0.25, -0.2) is 4.98 Å². The van der Waals surface area contributed by atoms with Crippen LogP contribution in [0.1, 0.15) is 45.5 Å². The van der Waals surface area contributed by atoms with Crippen LogP contribution >= 0.6 is 11.6 Å². The van der Waals surface area contributed by atoms with Crippen LogP contribution in [0.15, 0.2) is 24.3 Å². The minimum atomic E-state index is 0.290. The fraction of sp³-hybridized carbons (Fsp3) is 0.400. The maximum Gasteiger partial charge on any atom is 0.131 e. The Balaban J connectivity index is 2.62. The zero-order valence-electron chi connectivity index (χ0n) is 11.8. The van der Waals surface area contributed by atoms with E-state index in [0.717, 1.165) is 17.1 Å². The minimum Gasteiger partial charge on any atom is -0.383 e. The van der Waals surface area contributed by atoms with Gasteiger partial charge >= 0.3 is 0 Å². The molecule has 1 aromatic heterocycles. The highest BCUT2D eigenvalue weighted by Gasteiger charge is 2.19. The van der Waals surface area contributed by atoms with E-state index in [0.29, 0.717) is 16.8 Å². The summed E-state index contributed by atoms with van der Waals surface area (Å²) >= 11 is 6.04. The van der Waals surface area contributed by atoms with Gasteiger partial charge in [0.05, 0.1) is 0 Å². The molecular formula is C15H20ClN3. The summed E-state index contributed by atoms with van der Waals surface area (Å²) in [7, 11) is 0. The van der Waals surface area contributed by atoms with Crippen molar-refractivity contribution in [3.8, 4) is 11.3 Å². The lowest BCUT2D eigenvalue weighted by Gasteiger charge is -2.15. The summed E-state index contributed by atoms with van der Waals surface area (Å²) in [6.45, 7) is 8.49. The van der Waals surface area contributed by atoms with Crippen LogP contribution in [0, 0.1) is 0 Å². The number of nitrogens with zero attached hydrogens (tertiary/aromatic N) is 2. The van der Waals surface area contributed by atoms with Gasteiger partial charge in [0, 0.05) is 22.5 Å². The van der Waals surface area contributed by atoms with Crippen molar-refractivity contribution in [3.05, 3.63) is 35.1 Å². The highest BCUT2D eigenvalue weighted by Crippen LogP contribution is 2.32. The van der Waals surface area contributed by atoms with Gasteiger partial charge in [0.15, 0.2) is 0 Å². The molecule has 19 heavy (non-hydrogen) atoms. The summed E-state index contributed by atoms with van der Waals surface area (Å²) in [5, 5.41) is 0.696. The molecule has 1 aromatic carbocycles. The predicted molar refractivity (Wildman–Crippen MR) is 81.6 cm³/mol. The van der Waals surface area contributed by atoms with Gasteiger partial charge in [-0.1, -0.05) is 37.6 Å². The number of rotatable bonds is 3. The van der Waals surface area contributed by atoms with Crippen molar-refractivity contribution in [3.63, 3.8) is 0 Å². The standard InChI is InChI=1S/C15H20ClN3/c1-9(2)15-18-13(14(17)19(15)10(3)4)11-6-5-7-12(16)8-11/h5-10H,17H2,1-4H3. The van der Waals surface area contributed by atoms with Crippen LogP contribution in [-0.2, 0) is 0 Å². The molecule has 0 saturated heterocycles. The van der Waals surface area contributed by atoms with Crippen molar-refractivity contribution in [1.29, 1.82) is 0 Å². The number of hydrogen-bond donors (Lipinski definition) is 1. The zero-order valence-corrected chi connectivity index (χ0v) is 12.6. The number of nitrogen functional groups attached to an aromatic ring is 1. The Kier molecular flexibility index (Phi) is 3.85. The second kappa shape index (κ2) is 5.25. The Hall–Kier alpha value is -1.48. The summed E-state index contributed by atoms with van der Waals surface area (Å²) in [4.78, 5) is 4.72. The summed E-state index contributed by atoms with van der Waals surface area (Å²) in [5.74, 6) is 2.06. The van der Waals surface area contributed by atoms with E-state index in [1.54, 1.807) is 0 Å². The van der Waals surface area contributed by atoms with E-state index in [9.17, 15) is 0 Å². The molecule has 0 atom stereocenters. The molecule has 1 heterocycles. The molecule has 2 rings (SSSR count). The van der Waals surface area contributed by atoms with E-state index in [2.05, 4.69) is 32.3 Å². The van der Waals surface area contributed by atoms with E-state index in [-0.39, 0.29) is 6.04 Å². The Bertz CT molecular complexity index is 585. The second-order valence-electron chi connectivity index (χ2n) is 5.33. The molecule has 2 N–H and O–H groups in total. The highest BCUT2D eigenvalue weighted by atomic mass is 35.5. The zero-order chi connectivity index (χ0) is 14.2. The second-order valence-corrected chi connectivity index (χ2v) is 5.77. The minimum absolute atomic E-state index is 0.290. The Morgan fingerprint density at radius 1 is 1.21 bits per heavy atom. The number of nitrogens with two attached hydrogens (primary N) is 1. The number of hydrogen-bond acceptors (Lipinski definition) is 2. The maximum absolute atomic E-state index is 6.28. The maximum atomic E-state index is 6.28. The fourth-order valence-electron chi connectivity index (χ4n) is 2.26. The van der Waals surface area contributed by atoms with Crippen LogP contribution in [0.2, 0.25) is 5.02 Å². The molecule has 0 saturated carbocycles. The van der Waals surface area contributed by atoms with Gasteiger partial charge < -0.3 is 10.3 Å². The van der Waals surface area contributed by atoms with E-state index in [4.69, 9.17) is 22.3 Å².